The zero-order valence-electron chi connectivity index (χ0n) is 17.8. The summed E-state index contributed by atoms with van der Waals surface area (Å²) in [5.41, 5.74) is 2.69. The van der Waals surface area contributed by atoms with E-state index < -0.39 is 0 Å². The number of para-hydroxylation sites is 1. The van der Waals surface area contributed by atoms with E-state index in [1.54, 1.807) is 24.3 Å². The number of hydrogen-bond donors (Lipinski definition) is 0. The summed E-state index contributed by atoms with van der Waals surface area (Å²) < 4.78 is 14.1. The number of carbonyl (C=O) groups excluding carboxylic acids is 2. The van der Waals surface area contributed by atoms with Crippen molar-refractivity contribution >= 4 is 23.2 Å². The van der Waals surface area contributed by atoms with E-state index in [1.165, 1.54) is 6.07 Å². The third-order valence-corrected chi connectivity index (χ3v) is 6.79. The van der Waals surface area contributed by atoms with Gasteiger partial charge >= 0.3 is 0 Å². The van der Waals surface area contributed by atoms with E-state index in [2.05, 4.69) is 4.90 Å². The fourth-order valence-corrected chi connectivity index (χ4v) is 5.05. The molecule has 2 aromatic rings. The molecule has 5 rings (SSSR count). The molecular formula is C24H27FN4O2. The Morgan fingerprint density at radius 1 is 0.968 bits per heavy atom. The quantitative estimate of drug-likeness (QED) is 0.746. The van der Waals surface area contributed by atoms with Crippen molar-refractivity contribution in [1.29, 1.82) is 0 Å². The zero-order valence-corrected chi connectivity index (χ0v) is 17.8. The molecule has 3 heterocycles. The van der Waals surface area contributed by atoms with E-state index in [0.29, 0.717) is 43.0 Å². The maximum absolute atomic E-state index is 14.1. The van der Waals surface area contributed by atoms with Crippen LogP contribution in [0, 0.1) is 5.82 Å². The molecule has 7 heteroatoms. The Hall–Kier alpha value is -3.09. The highest BCUT2D eigenvalue weighted by Crippen LogP contribution is 2.35. The Balaban J connectivity index is 1.33. The Morgan fingerprint density at radius 3 is 2.52 bits per heavy atom. The first-order chi connectivity index (χ1) is 15.0. The van der Waals surface area contributed by atoms with Gasteiger partial charge in [-0.2, -0.15) is 0 Å². The molecule has 2 amide bonds. The van der Waals surface area contributed by atoms with Crippen LogP contribution in [0.15, 0.2) is 42.5 Å². The van der Waals surface area contributed by atoms with Gasteiger partial charge in [-0.25, -0.2) is 4.39 Å². The van der Waals surface area contributed by atoms with Crippen LogP contribution in [0.4, 0.5) is 15.8 Å². The molecule has 2 saturated heterocycles. The lowest BCUT2D eigenvalue weighted by Crippen LogP contribution is -2.56. The fraction of sp³-hybridized carbons (Fsp3) is 0.417. The summed E-state index contributed by atoms with van der Waals surface area (Å²) in [6, 6.07) is 12.2. The lowest BCUT2D eigenvalue weighted by molar-refractivity contribution is 0.0588. The number of carbonyl (C=O) groups is 2. The van der Waals surface area contributed by atoms with Gasteiger partial charge in [-0.3, -0.25) is 9.59 Å². The number of benzene rings is 2. The number of amides is 2. The molecule has 3 aliphatic heterocycles. The van der Waals surface area contributed by atoms with Crippen molar-refractivity contribution in [1.82, 2.24) is 9.80 Å². The minimum atomic E-state index is -0.235. The molecule has 0 saturated carbocycles. The summed E-state index contributed by atoms with van der Waals surface area (Å²) in [7, 11) is 2.01. The van der Waals surface area contributed by atoms with Crippen molar-refractivity contribution in [2.24, 2.45) is 0 Å². The van der Waals surface area contributed by atoms with Crippen molar-refractivity contribution < 1.29 is 14.0 Å². The second kappa shape index (κ2) is 7.87. The van der Waals surface area contributed by atoms with Gasteiger partial charge in [-0.15, -0.1) is 0 Å². The highest BCUT2D eigenvalue weighted by molar-refractivity contribution is 6.04. The zero-order chi connectivity index (χ0) is 21.5. The van der Waals surface area contributed by atoms with E-state index >= 15 is 0 Å². The largest absolute Gasteiger partial charge is 0.366 e. The molecule has 0 radical (unpaired) electrons. The monoisotopic (exact) mass is 422 g/mol. The Bertz CT molecular complexity index is 1020. The molecule has 31 heavy (non-hydrogen) atoms. The number of rotatable bonds is 2. The van der Waals surface area contributed by atoms with E-state index in [4.69, 9.17) is 0 Å². The van der Waals surface area contributed by atoms with Crippen LogP contribution in [0.5, 0.6) is 0 Å². The van der Waals surface area contributed by atoms with Gasteiger partial charge in [0, 0.05) is 45.3 Å². The van der Waals surface area contributed by atoms with E-state index in [-0.39, 0.29) is 23.8 Å². The van der Waals surface area contributed by atoms with Crippen LogP contribution in [-0.2, 0) is 0 Å². The third-order valence-electron chi connectivity index (χ3n) is 6.79. The molecule has 3 aliphatic rings. The van der Waals surface area contributed by atoms with E-state index in [1.807, 2.05) is 33.9 Å². The molecule has 1 atom stereocenters. The molecule has 6 nitrogen and oxygen atoms in total. The molecule has 0 bridgehead atoms. The minimum Gasteiger partial charge on any atom is -0.366 e. The Kier molecular flexibility index (Phi) is 5.04. The van der Waals surface area contributed by atoms with Gasteiger partial charge in [-0.05, 0) is 49.6 Å². The number of piperazine rings is 1. The van der Waals surface area contributed by atoms with Crippen LogP contribution in [-0.4, -0.2) is 67.6 Å². The molecule has 2 aromatic carbocycles. The first-order valence-electron chi connectivity index (χ1n) is 11.0. The van der Waals surface area contributed by atoms with Crippen LogP contribution in [0.3, 0.4) is 0 Å². The van der Waals surface area contributed by atoms with Crippen molar-refractivity contribution in [3.05, 3.63) is 59.4 Å². The number of anilines is 2. The Morgan fingerprint density at radius 2 is 1.74 bits per heavy atom. The number of halogens is 1. The second-order valence-electron chi connectivity index (χ2n) is 8.55. The summed E-state index contributed by atoms with van der Waals surface area (Å²) in [5, 5.41) is 0. The van der Waals surface area contributed by atoms with Gasteiger partial charge in [0.05, 0.1) is 16.9 Å². The average Bonchev–Trinajstić information content (AvgIpc) is 2.82. The van der Waals surface area contributed by atoms with Crippen LogP contribution < -0.4 is 9.80 Å². The summed E-state index contributed by atoms with van der Waals surface area (Å²) in [4.78, 5) is 34.0. The van der Waals surface area contributed by atoms with Crippen molar-refractivity contribution in [3.8, 4) is 0 Å². The molecule has 0 unspecified atom stereocenters. The van der Waals surface area contributed by atoms with Crippen LogP contribution in [0.25, 0.3) is 0 Å². The van der Waals surface area contributed by atoms with Crippen molar-refractivity contribution in [3.63, 3.8) is 0 Å². The van der Waals surface area contributed by atoms with Crippen molar-refractivity contribution in [2.75, 3.05) is 49.6 Å². The summed E-state index contributed by atoms with van der Waals surface area (Å²) in [6.07, 6.45) is 3.18. The highest BCUT2D eigenvalue weighted by Gasteiger charge is 2.37. The molecule has 0 N–H and O–H groups in total. The van der Waals surface area contributed by atoms with Gasteiger partial charge in [0.1, 0.15) is 12.0 Å². The van der Waals surface area contributed by atoms with Gasteiger partial charge in [-0.1, -0.05) is 12.1 Å². The van der Waals surface area contributed by atoms with Crippen LogP contribution in [0.1, 0.15) is 40.0 Å². The first-order valence-corrected chi connectivity index (χ1v) is 11.0. The Labute approximate surface area is 181 Å². The standard InChI is InChI=1S/C24H27FN4O2/c1-26-21-16-17(9-10-18(21)24(31)29-11-5-4-8-22(26)29)23(30)28-14-12-27(13-15-28)20-7-3-2-6-19(20)25/h2-3,6-7,9-10,16,22H,4-5,8,11-15H2,1H3/t22-/m0/s1. The topological polar surface area (TPSA) is 47.1 Å². The molecule has 0 aliphatic carbocycles. The van der Waals surface area contributed by atoms with E-state index in [9.17, 15) is 14.0 Å². The predicted molar refractivity (Wildman–Crippen MR) is 118 cm³/mol. The SMILES string of the molecule is CN1c2cc(C(=O)N3CCN(c4ccccc4F)CC3)ccc2C(=O)N2CCCC[C@H]21. The van der Waals surface area contributed by atoms with Gasteiger partial charge in [0.2, 0.25) is 0 Å². The van der Waals surface area contributed by atoms with Gasteiger partial charge in [0.15, 0.2) is 0 Å². The number of fused-ring (bicyclic) bond motifs is 2. The summed E-state index contributed by atoms with van der Waals surface area (Å²) in [6.45, 7) is 3.05. The molecule has 0 aromatic heterocycles. The predicted octanol–water partition coefficient (Wildman–Crippen LogP) is 3.19. The second-order valence-corrected chi connectivity index (χ2v) is 8.55. The maximum Gasteiger partial charge on any atom is 0.257 e. The van der Waals surface area contributed by atoms with Crippen molar-refractivity contribution in [2.45, 2.75) is 25.4 Å². The highest BCUT2D eigenvalue weighted by atomic mass is 19.1. The maximum atomic E-state index is 14.1. The number of hydrogen-bond acceptors (Lipinski definition) is 4. The van der Waals surface area contributed by atoms with Crippen LogP contribution >= 0.6 is 0 Å². The normalized spacial score (nSPS) is 21.1. The third kappa shape index (κ3) is 3.42. The minimum absolute atomic E-state index is 0.0390. The van der Waals surface area contributed by atoms with E-state index in [0.717, 1.165) is 31.5 Å². The molecule has 2 fully saturated rings. The molecule has 0 spiro atoms. The van der Waals surface area contributed by atoms with Crippen LogP contribution in [0.2, 0.25) is 0 Å². The smallest absolute Gasteiger partial charge is 0.257 e. The summed E-state index contributed by atoms with van der Waals surface area (Å²) in [5.74, 6) is -0.209. The lowest BCUT2D eigenvalue weighted by atomic mass is 9.97. The molecule has 162 valence electrons. The molecular weight excluding hydrogens is 395 g/mol. The summed E-state index contributed by atoms with van der Waals surface area (Å²) >= 11 is 0. The van der Waals surface area contributed by atoms with Gasteiger partial charge in [0.25, 0.3) is 11.8 Å². The first kappa shape index (κ1) is 19.8. The van der Waals surface area contributed by atoms with Gasteiger partial charge < -0.3 is 19.6 Å². The fourth-order valence-electron chi connectivity index (χ4n) is 5.05. The average molecular weight is 423 g/mol. The number of nitrogens with zero attached hydrogens (tertiary/aromatic N) is 4. The lowest BCUT2D eigenvalue weighted by Gasteiger charge is -2.46. The number of piperidine rings is 1.